The monoisotopic (exact) mass is 390 g/mol. The molecule has 0 N–H and O–H groups in total. The molecule has 1 aromatic carbocycles. The Morgan fingerprint density at radius 2 is 1.75 bits per heavy atom. The molecule has 28 heavy (non-hydrogen) atoms. The van der Waals surface area contributed by atoms with Gasteiger partial charge in [0.25, 0.3) is 0 Å². The van der Waals surface area contributed by atoms with Gasteiger partial charge in [0.2, 0.25) is 5.91 Å². The molecule has 0 saturated carbocycles. The number of likely N-dealkylation sites (N-methyl/N-ethyl adjacent to an activating group) is 1. The Kier molecular flexibility index (Phi) is 7.72. The van der Waals surface area contributed by atoms with Crippen molar-refractivity contribution in [2.24, 2.45) is 5.92 Å². The molecular formula is C22H34N2O4. The minimum absolute atomic E-state index is 0.110. The summed E-state index contributed by atoms with van der Waals surface area (Å²) in [5.41, 5.74) is 0.515. The Morgan fingerprint density at radius 1 is 1.14 bits per heavy atom. The molecule has 6 heteroatoms. The number of rotatable bonds is 6. The normalized spacial score (nSPS) is 15.2. The van der Waals surface area contributed by atoms with E-state index in [0.717, 1.165) is 30.7 Å². The average Bonchev–Trinajstić information content (AvgIpc) is 2.62. The van der Waals surface area contributed by atoms with E-state index in [1.807, 2.05) is 63.9 Å². The number of likely N-dealkylation sites (tertiary alicyclic amines) is 1. The number of carbonyl (C=O) groups is 2. The summed E-state index contributed by atoms with van der Waals surface area (Å²) in [4.78, 5) is 28.3. The fourth-order valence-electron chi connectivity index (χ4n) is 3.29. The van der Waals surface area contributed by atoms with Gasteiger partial charge in [0.05, 0.1) is 13.0 Å². The molecule has 1 fully saturated rings. The van der Waals surface area contributed by atoms with Crippen LogP contribution in [0.25, 0.3) is 0 Å². The highest BCUT2D eigenvalue weighted by atomic mass is 16.6. The lowest BCUT2D eigenvalue weighted by Gasteiger charge is -2.34. The van der Waals surface area contributed by atoms with E-state index in [0.29, 0.717) is 32.0 Å². The van der Waals surface area contributed by atoms with Crippen LogP contribution in [0, 0.1) is 5.92 Å². The van der Waals surface area contributed by atoms with Gasteiger partial charge in [-0.15, -0.1) is 0 Å². The molecule has 1 saturated heterocycles. The van der Waals surface area contributed by atoms with Gasteiger partial charge in [-0.3, -0.25) is 4.79 Å². The molecule has 1 aliphatic heterocycles. The standard InChI is InChI=1S/C22H34N2O4/c1-6-27-19-9-7-17(8-10-19)15-20(25)23(5)16-18-11-13-24(14-12-18)21(26)28-22(2,3)4/h7-10,18H,6,11-16H2,1-5H3. The Bertz CT molecular complexity index is 643. The molecule has 0 aliphatic carbocycles. The van der Waals surface area contributed by atoms with Crippen LogP contribution in [0.4, 0.5) is 4.79 Å². The fourth-order valence-corrected chi connectivity index (χ4v) is 3.29. The maximum atomic E-state index is 12.5. The zero-order valence-electron chi connectivity index (χ0n) is 17.9. The molecule has 1 aromatic rings. The number of piperidine rings is 1. The summed E-state index contributed by atoms with van der Waals surface area (Å²) in [6.07, 6.45) is 1.92. The van der Waals surface area contributed by atoms with Crippen LogP contribution < -0.4 is 4.74 Å². The third-order valence-electron chi connectivity index (χ3n) is 4.81. The van der Waals surface area contributed by atoms with Gasteiger partial charge in [0, 0.05) is 26.7 Å². The summed E-state index contributed by atoms with van der Waals surface area (Å²) in [6, 6.07) is 7.68. The van der Waals surface area contributed by atoms with E-state index in [1.165, 1.54) is 0 Å². The molecule has 0 spiro atoms. The van der Waals surface area contributed by atoms with Crippen LogP contribution >= 0.6 is 0 Å². The highest BCUT2D eigenvalue weighted by molar-refractivity contribution is 5.78. The van der Waals surface area contributed by atoms with E-state index in [9.17, 15) is 9.59 Å². The first kappa shape index (κ1) is 22.1. The van der Waals surface area contributed by atoms with Crippen LogP contribution in [0.2, 0.25) is 0 Å². The predicted molar refractivity (Wildman–Crippen MR) is 109 cm³/mol. The number of nitrogens with zero attached hydrogens (tertiary/aromatic N) is 2. The summed E-state index contributed by atoms with van der Waals surface area (Å²) >= 11 is 0. The first-order valence-electron chi connectivity index (χ1n) is 10.1. The van der Waals surface area contributed by atoms with Crippen molar-refractivity contribution in [3.05, 3.63) is 29.8 Å². The number of benzene rings is 1. The van der Waals surface area contributed by atoms with Crippen LogP contribution in [0.3, 0.4) is 0 Å². The Balaban J connectivity index is 1.76. The maximum Gasteiger partial charge on any atom is 0.410 e. The Morgan fingerprint density at radius 3 is 2.29 bits per heavy atom. The third kappa shape index (κ3) is 7.06. The molecule has 2 amide bonds. The lowest BCUT2D eigenvalue weighted by atomic mass is 9.96. The van der Waals surface area contributed by atoms with Gasteiger partial charge in [-0.25, -0.2) is 4.79 Å². The van der Waals surface area contributed by atoms with Crippen molar-refractivity contribution in [3.8, 4) is 5.75 Å². The highest BCUT2D eigenvalue weighted by Gasteiger charge is 2.27. The number of hydrogen-bond donors (Lipinski definition) is 0. The van der Waals surface area contributed by atoms with Gasteiger partial charge in [-0.1, -0.05) is 12.1 Å². The Labute approximate surface area is 168 Å². The van der Waals surface area contributed by atoms with Crippen LogP contribution in [-0.2, 0) is 16.0 Å². The second-order valence-corrected chi connectivity index (χ2v) is 8.44. The van der Waals surface area contributed by atoms with E-state index in [1.54, 1.807) is 4.90 Å². The number of carbonyl (C=O) groups excluding carboxylic acids is 2. The van der Waals surface area contributed by atoms with Crippen LogP contribution in [-0.4, -0.2) is 60.7 Å². The summed E-state index contributed by atoms with van der Waals surface area (Å²) in [5.74, 6) is 1.34. The van der Waals surface area contributed by atoms with E-state index < -0.39 is 5.60 Å². The molecule has 1 heterocycles. The van der Waals surface area contributed by atoms with Gasteiger partial charge < -0.3 is 19.3 Å². The number of amides is 2. The van der Waals surface area contributed by atoms with Gasteiger partial charge in [-0.2, -0.15) is 0 Å². The lowest BCUT2D eigenvalue weighted by Crippen LogP contribution is -2.44. The van der Waals surface area contributed by atoms with E-state index in [2.05, 4.69) is 0 Å². The summed E-state index contributed by atoms with van der Waals surface area (Å²) in [5, 5.41) is 0. The van der Waals surface area contributed by atoms with Crippen molar-refractivity contribution in [1.82, 2.24) is 9.80 Å². The molecule has 156 valence electrons. The Hall–Kier alpha value is -2.24. The summed E-state index contributed by atoms with van der Waals surface area (Å²) < 4.78 is 10.9. The number of ether oxygens (including phenoxy) is 2. The van der Waals surface area contributed by atoms with Crippen molar-refractivity contribution in [3.63, 3.8) is 0 Å². The SMILES string of the molecule is CCOc1ccc(CC(=O)N(C)CC2CCN(C(=O)OC(C)(C)C)CC2)cc1. The van der Waals surface area contributed by atoms with Gasteiger partial charge in [-0.05, 0) is 64.2 Å². The van der Waals surface area contributed by atoms with Gasteiger partial charge in [0.15, 0.2) is 0 Å². The van der Waals surface area contributed by atoms with Crippen LogP contribution in [0.5, 0.6) is 5.75 Å². The first-order valence-corrected chi connectivity index (χ1v) is 10.1. The highest BCUT2D eigenvalue weighted by Crippen LogP contribution is 2.21. The predicted octanol–water partition coefficient (Wildman–Crippen LogP) is 3.73. The summed E-state index contributed by atoms with van der Waals surface area (Å²) in [6.45, 7) is 10.3. The smallest absolute Gasteiger partial charge is 0.410 e. The van der Waals surface area contributed by atoms with Crippen molar-refractivity contribution < 1.29 is 19.1 Å². The molecule has 0 unspecified atom stereocenters. The molecule has 0 atom stereocenters. The van der Waals surface area contributed by atoms with Gasteiger partial charge in [0.1, 0.15) is 11.4 Å². The first-order chi connectivity index (χ1) is 13.2. The quantitative estimate of drug-likeness (QED) is 0.743. The average molecular weight is 391 g/mol. The second kappa shape index (κ2) is 9.80. The minimum Gasteiger partial charge on any atom is -0.494 e. The fraction of sp³-hybridized carbons (Fsp3) is 0.636. The van der Waals surface area contributed by atoms with E-state index in [4.69, 9.17) is 9.47 Å². The molecular weight excluding hydrogens is 356 g/mol. The molecule has 0 aromatic heterocycles. The zero-order chi connectivity index (χ0) is 20.7. The lowest BCUT2D eigenvalue weighted by molar-refractivity contribution is -0.130. The molecule has 6 nitrogen and oxygen atoms in total. The largest absolute Gasteiger partial charge is 0.494 e. The third-order valence-corrected chi connectivity index (χ3v) is 4.81. The van der Waals surface area contributed by atoms with Crippen molar-refractivity contribution in [2.75, 3.05) is 33.3 Å². The molecule has 0 radical (unpaired) electrons. The van der Waals surface area contributed by atoms with Crippen molar-refractivity contribution >= 4 is 12.0 Å². The van der Waals surface area contributed by atoms with Crippen molar-refractivity contribution in [1.29, 1.82) is 0 Å². The van der Waals surface area contributed by atoms with E-state index >= 15 is 0 Å². The van der Waals surface area contributed by atoms with Crippen LogP contribution in [0.15, 0.2) is 24.3 Å². The van der Waals surface area contributed by atoms with Gasteiger partial charge >= 0.3 is 6.09 Å². The van der Waals surface area contributed by atoms with Crippen molar-refractivity contribution in [2.45, 2.75) is 52.6 Å². The summed E-state index contributed by atoms with van der Waals surface area (Å²) in [7, 11) is 1.86. The topological polar surface area (TPSA) is 59.1 Å². The maximum absolute atomic E-state index is 12.5. The minimum atomic E-state index is -0.471. The van der Waals surface area contributed by atoms with Crippen LogP contribution in [0.1, 0.15) is 46.1 Å². The second-order valence-electron chi connectivity index (χ2n) is 8.44. The molecule has 1 aliphatic rings. The molecule has 2 rings (SSSR count). The zero-order valence-corrected chi connectivity index (χ0v) is 17.9. The molecule has 0 bridgehead atoms. The number of hydrogen-bond acceptors (Lipinski definition) is 4. The van der Waals surface area contributed by atoms with E-state index in [-0.39, 0.29) is 12.0 Å².